The van der Waals surface area contributed by atoms with Crippen LogP contribution in [0.5, 0.6) is 0 Å². The van der Waals surface area contributed by atoms with Crippen molar-refractivity contribution in [2.75, 3.05) is 0 Å². The Bertz CT molecular complexity index is 1170. The summed E-state index contributed by atoms with van der Waals surface area (Å²) in [5.41, 5.74) is 12.7. The molecule has 1 fully saturated rings. The van der Waals surface area contributed by atoms with Crippen molar-refractivity contribution < 1.29 is 9.62 Å². The van der Waals surface area contributed by atoms with E-state index in [1.807, 2.05) is 18.2 Å². The van der Waals surface area contributed by atoms with Crippen LogP contribution in [-0.4, -0.2) is 21.0 Å². The third kappa shape index (κ3) is 2.93. The first-order chi connectivity index (χ1) is 13.7. The number of nitrogens with two attached hydrogens (primary N) is 1. The Labute approximate surface area is 161 Å². The predicted octanol–water partition coefficient (Wildman–Crippen LogP) is 4.39. The van der Waals surface area contributed by atoms with Crippen molar-refractivity contribution in [3.05, 3.63) is 77.5 Å². The summed E-state index contributed by atoms with van der Waals surface area (Å²) >= 11 is 0. The normalized spacial score (nSPS) is 14.6. The van der Waals surface area contributed by atoms with E-state index in [9.17, 15) is 0 Å². The molecule has 28 heavy (non-hydrogen) atoms. The predicted molar refractivity (Wildman–Crippen MR) is 108 cm³/mol. The molecule has 0 spiro atoms. The van der Waals surface area contributed by atoms with Crippen molar-refractivity contribution in [2.24, 2.45) is 10.9 Å². The Morgan fingerprint density at radius 2 is 2.14 bits per heavy atom. The number of furan rings is 1. The first kappa shape index (κ1) is 16.6. The van der Waals surface area contributed by atoms with Crippen LogP contribution >= 0.6 is 0 Å². The molecular weight excluding hydrogens is 352 g/mol. The molecule has 1 aliphatic carbocycles. The summed E-state index contributed by atoms with van der Waals surface area (Å²) in [5.74, 6) is 0.706. The van der Waals surface area contributed by atoms with Crippen LogP contribution in [0.25, 0.3) is 22.2 Å². The molecule has 1 saturated carbocycles. The van der Waals surface area contributed by atoms with Gasteiger partial charge in [-0.25, -0.2) is 4.98 Å². The molecule has 4 N–H and O–H groups in total. The lowest BCUT2D eigenvalue weighted by Crippen LogP contribution is -2.15. The molecule has 0 atom stereocenters. The van der Waals surface area contributed by atoms with Gasteiger partial charge in [-0.3, -0.25) is 0 Å². The number of hydrogen-bond acceptors (Lipinski definition) is 4. The molecule has 0 bridgehead atoms. The van der Waals surface area contributed by atoms with Crippen molar-refractivity contribution >= 4 is 16.7 Å². The van der Waals surface area contributed by atoms with Gasteiger partial charge in [0.05, 0.1) is 18.2 Å². The molecule has 0 saturated heterocycles. The molecule has 3 heterocycles. The Kier molecular flexibility index (Phi) is 3.90. The van der Waals surface area contributed by atoms with E-state index in [1.165, 1.54) is 23.8 Å². The molecule has 0 amide bonds. The zero-order valence-electron chi connectivity index (χ0n) is 15.2. The van der Waals surface area contributed by atoms with Crippen molar-refractivity contribution in [2.45, 2.75) is 25.2 Å². The maximum atomic E-state index is 8.93. The van der Waals surface area contributed by atoms with E-state index >= 15 is 0 Å². The molecule has 0 aliphatic heterocycles. The maximum absolute atomic E-state index is 8.93. The van der Waals surface area contributed by atoms with Gasteiger partial charge in [0.2, 0.25) is 0 Å². The van der Waals surface area contributed by atoms with Crippen molar-refractivity contribution in [1.82, 2.24) is 9.97 Å². The molecule has 1 aliphatic rings. The van der Waals surface area contributed by atoms with Gasteiger partial charge in [0.25, 0.3) is 0 Å². The Morgan fingerprint density at radius 1 is 1.25 bits per heavy atom. The number of nitrogens with zero attached hydrogens (tertiary/aromatic N) is 2. The topological polar surface area (TPSA) is 100 Å². The van der Waals surface area contributed by atoms with Crippen LogP contribution in [0.1, 0.15) is 41.3 Å². The summed E-state index contributed by atoms with van der Waals surface area (Å²) in [6, 6.07) is 14.2. The van der Waals surface area contributed by atoms with Gasteiger partial charge in [-0.2, -0.15) is 0 Å². The Morgan fingerprint density at radius 3 is 2.89 bits per heavy atom. The van der Waals surface area contributed by atoms with Crippen LogP contribution in [-0.2, 0) is 6.42 Å². The van der Waals surface area contributed by atoms with E-state index < -0.39 is 0 Å². The van der Waals surface area contributed by atoms with E-state index in [2.05, 4.69) is 33.3 Å². The van der Waals surface area contributed by atoms with Crippen LogP contribution in [0.2, 0.25) is 0 Å². The second-order valence-electron chi connectivity index (χ2n) is 7.25. The molecule has 0 radical (unpaired) electrons. The average Bonchev–Trinajstić information content (AvgIpc) is 3.32. The summed E-state index contributed by atoms with van der Waals surface area (Å²) in [4.78, 5) is 8.13. The maximum Gasteiger partial charge on any atom is 0.188 e. The number of aromatic nitrogens is 2. The van der Waals surface area contributed by atoms with Crippen molar-refractivity contribution in [1.29, 1.82) is 0 Å². The molecule has 1 aromatic carbocycles. The summed E-state index contributed by atoms with van der Waals surface area (Å²) in [6.45, 7) is 0. The summed E-state index contributed by atoms with van der Waals surface area (Å²) in [7, 11) is 0. The quantitative estimate of drug-likeness (QED) is 0.209. The summed E-state index contributed by atoms with van der Waals surface area (Å²) in [5, 5.41) is 13.2. The minimum absolute atomic E-state index is 0.00455. The molecule has 3 aromatic heterocycles. The fraction of sp³-hybridized carbons (Fsp3) is 0.182. The second kappa shape index (κ2) is 6.56. The number of fused-ring (bicyclic) bond motifs is 1. The highest BCUT2D eigenvalue weighted by atomic mass is 16.4. The van der Waals surface area contributed by atoms with Gasteiger partial charge < -0.3 is 20.3 Å². The zero-order chi connectivity index (χ0) is 19.1. The van der Waals surface area contributed by atoms with Gasteiger partial charge in [-0.05, 0) is 54.2 Å². The van der Waals surface area contributed by atoms with Gasteiger partial charge >= 0.3 is 0 Å². The molecule has 0 unspecified atom stereocenters. The minimum atomic E-state index is 0.00455. The smallest absolute Gasteiger partial charge is 0.188 e. The Balaban J connectivity index is 1.62. The SMILES string of the molecule is NC(=NO)c1cccc(Cc2c(-c3ccoc3)[nH]c3cc(C4CC4)ccc23)n1. The molecular formula is C22H20N4O2. The Hall–Kier alpha value is -3.54. The van der Waals surface area contributed by atoms with Crippen LogP contribution in [0.4, 0.5) is 0 Å². The van der Waals surface area contributed by atoms with E-state index in [0.29, 0.717) is 18.0 Å². The number of benzene rings is 1. The van der Waals surface area contributed by atoms with Gasteiger partial charge in [0.15, 0.2) is 5.84 Å². The zero-order valence-corrected chi connectivity index (χ0v) is 15.2. The number of aromatic amines is 1. The third-order valence-electron chi connectivity index (χ3n) is 5.32. The molecule has 6 heteroatoms. The van der Waals surface area contributed by atoms with Gasteiger partial charge in [0, 0.05) is 28.6 Å². The lowest BCUT2D eigenvalue weighted by molar-refractivity contribution is 0.318. The monoisotopic (exact) mass is 372 g/mol. The van der Waals surface area contributed by atoms with Gasteiger partial charge in [-0.15, -0.1) is 0 Å². The highest BCUT2D eigenvalue weighted by Crippen LogP contribution is 2.42. The number of nitrogens with one attached hydrogen (secondary N) is 1. The van der Waals surface area contributed by atoms with E-state index in [-0.39, 0.29) is 5.84 Å². The highest BCUT2D eigenvalue weighted by molar-refractivity contribution is 5.95. The number of amidine groups is 1. The standard InChI is InChI=1S/C22H20N4O2/c23-22(26-27)19-3-1-2-16(24-19)11-18-17-7-6-14(13-4-5-13)10-20(17)25-21(18)15-8-9-28-12-15/h1-3,6-10,12-13,25,27H,4-5,11H2,(H2,23,26). The lowest BCUT2D eigenvalue weighted by atomic mass is 10.0. The first-order valence-electron chi connectivity index (χ1n) is 9.34. The van der Waals surface area contributed by atoms with Crippen LogP contribution in [0, 0.1) is 0 Å². The number of rotatable bonds is 5. The van der Waals surface area contributed by atoms with Crippen molar-refractivity contribution in [3.8, 4) is 11.3 Å². The molecule has 6 nitrogen and oxygen atoms in total. The number of pyridine rings is 1. The first-order valence-corrected chi connectivity index (χ1v) is 9.34. The fourth-order valence-electron chi connectivity index (χ4n) is 3.73. The molecule has 5 rings (SSSR count). The van der Waals surface area contributed by atoms with Crippen LogP contribution in [0.3, 0.4) is 0 Å². The fourth-order valence-corrected chi connectivity index (χ4v) is 3.73. The average molecular weight is 372 g/mol. The largest absolute Gasteiger partial charge is 0.472 e. The number of hydrogen-bond donors (Lipinski definition) is 3. The second-order valence-corrected chi connectivity index (χ2v) is 7.25. The molecule has 140 valence electrons. The van der Waals surface area contributed by atoms with Gasteiger partial charge in [0.1, 0.15) is 5.69 Å². The van der Waals surface area contributed by atoms with E-state index in [1.54, 1.807) is 18.6 Å². The van der Waals surface area contributed by atoms with E-state index in [4.69, 9.17) is 15.4 Å². The minimum Gasteiger partial charge on any atom is -0.472 e. The number of H-pyrrole nitrogens is 1. The van der Waals surface area contributed by atoms with E-state index in [0.717, 1.165) is 28.0 Å². The highest BCUT2D eigenvalue weighted by Gasteiger charge is 2.24. The summed E-state index contributed by atoms with van der Waals surface area (Å²) < 4.78 is 5.31. The van der Waals surface area contributed by atoms with Crippen LogP contribution < -0.4 is 5.73 Å². The third-order valence-corrected chi connectivity index (χ3v) is 5.32. The van der Waals surface area contributed by atoms with Crippen molar-refractivity contribution in [3.63, 3.8) is 0 Å². The lowest BCUT2D eigenvalue weighted by Gasteiger charge is -2.06. The number of oxime groups is 1. The molecule has 4 aromatic rings. The van der Waals surface area contributed by atoms with Crippen LogP contribution in [0.15, 0.2) is 64.6 Å². The van der Waals surface area contributed by atoms with Gasteiger partial charge in [-0.1, -0.05) is 23.4 Å². The summed E-state index contributed by atoms with van der Waals surface area (Å²) in [6.07, 6.45) is 6.60.